The number of benzene rings is 1. The minimum Gasteiger partial charge on any atom is -0.462 e. The van der Waals surface area contributed by atoms with Gasteiger partial charge in [0.1, 0.15) is 9.88 Å². The van der Waals surface area contributed by atoms with E-state index < -0.39 is 22.0 Å². The molecule has 1 fully saturated rings. The van der Waals surface area contributed by atoms with Gasteiger partial charge in [-0.1, -0.05) is 0 Å². The number of hydrogen-bond acceptors (Lipinski definition) is 9. The summed E-state index contributed by atoms with van der Waals surface area (Å²) < 4.78 is 36.9. The first-order valence-corrected chi connectivity index (χ1v) is 13.3. The summed E-state index contributed by atoms with van der Waals surface area (Å²) >= 11 is 1.02. The number of nitrogens with zero attached hydrogens (tertiary/aromatic N) is 1. The fraction of sp³-hybridized carbons (Fsp3) is 0.435. The van der Waals surface area contributed by atoms with Crippen LogP contribution in [0.25, 0.3) is 0 Å². The molecule has 0 saturated carbocycles. The molecule has 0 atom stereocenters. The summed E-state index contributed by atoms with van der Waals surface area (Å²) in [6, 6.07) is 5.81. The zero-order valence-electron chi connectivity index (χ0n) is 19.4. The number of ketones is 1. The van der Waals surface area contributed by atoms with Crippen LogP contribution in [0.1, 0.15) is 62.6 Å². The average Bonchev–Trinajstić information content (AvgIpc) is 3.47. The molecular formula is C23H28N2O7S2. The van der Waals surface area contributed by atoms with Crippen molar-refractivity contribution in [1.82, 2.24) is 4.31 Å². The van der Waals surface area contributed by atoms with Gasteiger partial charge in [-0.2, -0.15) is 4.31 Å². The van der Waals surface area contributed by atoms with Crippen molar-refractivity contribution < 1.29 is 32.3 Å². The molecular weight excluding hydrogens is 480 g/mol. The molecule has 1 aromatic heterocycles. The highest BCUT2D eigenvalue weighted by atomic mass is 32.2. The third kappa shape index (κ3) is 5.48. The number of carbonyl (C=O) groups excluding carboxylic acids is 3. The third-order valence-electron chi connectivity index (χ3n) is 5.38. The van der Waals surface area contributed by atoms with Crippen LogP contribution in [0.5, 0.6) is 0 Å². The quantitative estimate of drug-likeness (QED) is 0.383. The Kier molecular flexibility index (Phi) is 8.45. The second-order valence-corrected chi connectivity index (χ2v) is 10.6. The van der Waals surface area contributed by atoms with Crippen LogP contribution in [0.4, 0.5) is 5.00 Å². The average molecular weight is 509 g/mol. The van der Waals surface area contributed by atoms with Gasteiger partial charge in [0.2, 0.25) is 10.0 Å². The number of esters is 2. The van der Waals surface area contributed by atoms with Gasteiger partial charge in [0.05, 0.1) is 30.2 Å². The molecule has 0 unspecified atom stereocenters. The van der Waals surface area contributed by atoms with Crippen molar-refractivity contribution in [2.45, 2.75) is 38.5 Å². The van der Waals surface area contributed by atoms with Crippen molar-refractivity contribution in [3.8, 4) is 0 Å². The molecule has 0 spiro atoms. The van der Waals surface area contributed by atoms with Gasteiger partial charge in [0.15, 0.2) is 5.78 Å². The van der Waals surface area contributed by atoms with Gasteiger partial charge in [-0.15, -0.1) is 11.3 Å². The van der Waals surface area contributed by atoms with Gasteiger partial charge in [-0.25, -0.2) is 18.0 Å². The van der Waals surface area contributed by atoms with Crippen LogP contribution in [0, 0.1) is 6.92 Å². The number of sulfonamides is 1. The summed E-state index contributed by atoms with van der Waals surface area (Å²) in [7, 11) is -3.56. The second kappa shape index (κ2) is 11.1. The maximum atomic E-state index is 12.7. The van der Waals surface area contributed by atoms with Crippen LogP contribution in [-0.4, -0.2) is 63.3 Å². The van der Waals surface area contributed by atoms with Gasteiger partial charge in [0, 0.05) is 18.7 Å². The molecule has 1 aromatic carbocycles. The first-order valence-electron chi connectivity index (χ1n) is 11.1. The number of rotatable bonds is 10. The molecule has 1 aliphatic rings. The minimum absolute atomic E-state index is 0.150. The summed E-state index contributed by atoms with van der Waals surface area (Å²) in [6.45, 7) is 6.19. The topological polar surface area (TPSA) is 119 Å². The normalized spacial score (nSPS) is 14.1. The number of carbonyl (C=O) groups is 3. The largest absolute Gasteiger partial charge is 0.462 e. The fourth-order valence-electron chi connectivity index (χ4n) is 3.63. The molecule has 0 radical (unpaired) electrons. The number of Topliss-reactive ketones (excluding diaryl/α,β-unsaturated/α-hetero) is 1. The van der Waals surface area contributed by atoms with Crippen LogP contribution >= 0.6 is 11.3 Å². The van der Waals surface area contributed by atoms with Crippen molar-refractivity contribution in [2.75, 3.05) is 38.2 Å². The van der Waals surface area contributed by atoms with Crippen LogP contribution in [0.3, 0.4) is 0 Å². The Morgan fingerprint density at radius 2 is 1.59 bits per heavy atom. The zero-order valence-corrected chi connectivity index (χ0v) is 21.0. The van der Waals surface area contributed by atoms with Gasteiger partial charge < -0.3 is 14.8 Å². The monoisotopic (exact) mass is 508 g/mol. The summed E-state index contributed by atoms with van der Waals surface area (Å²) in [5, 5.41) is 3.27. The summed E-state index contributed by atoms with van der Waals surface area (Å²) in [5.74, 6) is -1.45. The molecule has 184 valence electrons. The third-order valence-corrected chi connectivity index (χ3v) is 8.52. The molecule has 3 rings (SSSR count). The van der Waals surface area contributed by atoms with E-state index in [1.54, 1.807) is 20.8 Å². The van der Waals surface area contributed by atoms with E-state index >= 15 is 0 Å². The standard InChI is InChI=1S/C23H28N2O7S2/c1-4-31-22(27)19-15(3)20(23(28)32-5-2)33-21(19)24-14-18(26)16-8-10-17(11-9-16)34(29,30)25-12-6-7-13-25/h8-11,24H,4-7,12-14H2,1-3H3. The van der Waals surface area contributed by atoms with Gasteiger partial charge >= 0.3 is 11.9 Å². The van der Waals surface area contributed by atoms with Crippen molar-refractivity contribution in [1.29, 1.82) is 0 Å². The van der Waals surface area contributed by atoms with E-state index in [0.717, 1.165) is 24.2 Å². The molecule has 9 nitrogen and oxygen atoms in total. The number of ether oxygens (including phenoxy) is 2. The van der Waals surface area contributed by atoms with Crippen molar-refractivity contribution in [2.24, 2.45) is 0 Å². The summed E-state index contributed by atoms with van der Waals surface area (Å²) in [6.07, 6.45) is 1.69. The minimum atomic E-state index is -3.56. The molecule has 0 bridgehead atoms. The van der Waals surface area contributed by atoms with Crippen molar-refractivity contribution in [3.63, 3.8) is 0 Å². The van der Waals surface area contributed by atoms with Crippen LogP contribution in [0.15, 0.2) is 29.2 Å². The number of nitrogens with one attached hydrogen (secondary N) is 1. The van der Waals surface area contributed by atoms with E-state index in [9.17, 15) is 22.8 Å². The predicted octanol–water partition coefficient (Wildman–Crippen LogP) is 3.49. The Labute approximate surface area is 203 Å². The lowest BCUT2D eigenvalue weighted by molar-refractivity contribution is 0.0527. The van der Waals surface area contributed by atoms with E-state index in [1.165, 1.54) is 28.6 Å². The molecule has 2 aromatic rings. The first kappa shape index (κ1) is 25.9. The predicted molar refractivity (Wildman–Crippen MR) is 128 cm³/mol. The van der Waals surface area contributed by atoms with E-state index in [-0.39, 0.29) is 40.9 Å². The SMILES string of the molecule is CCOC(=O)c1sc(NCC(=O)c2ccc(S(=O)(=O)N3CCCC3)cc2)c(C(=O)OCC)c1C. The Balaban J connectivity index is 1.76. The summed E-state index contributed by atoms with van der Waals surface area (Å²) in [4.78, 5) is 37.9. The Morgan fingerprint density at radius 3 is 2.18 bits per heavy atom. The molecule has 2 heterocycles. The molecule has 34 heavy (non-hydrogen) atoms. The fourth-order valence-corrected chi connectivity index (χ4v) is 6.23. The van der Waals surface area contributed by atoms with E-state index in [4.69, 9.17) is 9.47 Å². The van der Waals surface area contributed by atoms with E-state index in [1.807, 2.05) is 0 Å². The smallest absolute Gasteiger partial charge is 0.348 e. The molecule has 0 amide bonds. The molecule has 0 aliphatic carbocycles. The summed E-state index contributed by atoms with van der Waals surface area (Å²) in [5.41, 5.74) is 0.938. The van der Waals surface area contributed by atoms with Gasteiger partial charge in [-0.05, 0) is 63.4 Å². The maximum absolute atomic E-state index is 12.7. The Bertz CT molecular complexity index is 1160. The van der Waals surface area contributed by atoms with Gasteiger partial charge in [0.25, 0.3) is 0 Å². The highest BCUT2D eigenvalue weighted by Crippen LogP contribution is 2.34. The number of anilines is 1. The Morgan fingerprint density at radius 1 is 1.00 bits per heavy atom. The lowest BCUT2D eigenvalue weighted by Gasteiger charge is -2.15. The highest BCUT2D eigenvalue weighted by molar-refractivity contribution is 7.89. The van der Waals surface area contributed by atoms with Crippen LogP contribution in [-0.2, 0) is 19.5 Å². The Hall–Kier alpha value is -2.76. The molecule has 1 saturated heterocycles. The number of thiophene rings is 1. The first-order chi connectivity index (χ1) is 16.2. The lowest BCUT2D eigenvalue weighted by atomic mass is 10.1. The maximum Gasteiger partial charge on any atom is 0.348 e. The molecule has 11 heteroatoms. The van der Waals surface area contributed by atoms with Gasteiger partial charge in [-0.3, -0.25) is 4.79 Å². The zero-order chi connectivity index (χ0) is 24.9. The lowest BCUT2D eigenvalue weighted by Crippen LogP contribution is -2.27. The molecule has 1 aliphatic heterocycles. The van der Waals surface area contributed by atoms with Crippen LogP contribution in [0.2, 0.25) is 0 Å². The molecule has 1 N–H and O–H groups in total. The second-order valence-electron chi connectivity index (χ2n) is 7.61. The van der Waals surface area contributed by atoms with E-state index in [0.29, 0.717) is 29.2 Å². The highest BCUT2D eigenvalue weighted by Gasteiger charge is 2.28. The number of hydrogen-bond donors (Lipinski definition) is 1. The van der Waals surface area contributed by atoms with Crippen molar-refractivity contribution >= 4 is 44.1 Å². The van der Waals surface area contributed by atoms with Crippen molar-refractivity contribution in [3.05, 3.63) is 45.8 Å². The van der Waals surface area contributed by atoms with E-state index in [2.05, 4.69) is 5.32 Å². The van der Waals surface area contributed by atoms with Crippen LogP contribution < -0.4 is 5.32 Å².